The average Bonchev–Trinajstić information content (AvgIpc) is 2.84. The first-order valence-corrected chi connectivity index (χ1v) is 8.42. The number of carbonyl (C=O) groups is 1. The number of rotatable bonds is 3. The van der Waals surface area contributed by atoms with Crippen molar-refractivity contribution in [2.75, 3.05) is 20.1 Å². The molecule has 0 aromatic rings. The third-order valence-electron chi connectivity index (χ3n) is 5.66. The second-order valence-corrected chi connectivity index (χ2v) is 6.99. The Bertz CT molecular complexity index is 342. The van der Waals surface area contributed by atoms with Gasteiger partial charge in [-0.15, -0.1) is 0 Å². The fourth-order valence-electron chi connectivity index (χ4n) is 4.23. The third kappa shape index (κ3) is 2.86. The highest BCUT2D eigenvalue weighted by Gasteiger charge is 2.37. The van der Waals surface area contributed by atoms with E-state index in [0.29, 0.717) is 24.0 Å². The van der Waals surface area contributed by atoms with E-state index in [2.05, 4.69) is 29.1 Å². The number of nitrogens with zero attached hydrogens (tertiary/aromatic N) is 2. The Morgan fingerprint density at radius 1 is 1.15 bits per heavy atom. The predicted octanol–water partition coefficient (Wildman–Crippen LogP) is 1.60. The fourth-order valence-corrected chi connectivity index (χ4v) is 4.23. The quantitative estimate of drug-likeness (QED) is 0.852. The first-order chi connectivity index (χ1) is 9.65. The van der Waals surface area contributed by atoms with Crippen molar-refractivity contribution in [3.05, 3.63) is 0 Å². The molecule has 1 N–H and O–H groups in total. The summed E-state index contributed by atoms with van der Waals surface area (Å²) in [5, 5.41) is 3.68. The molecule has 3 unspecified atom stereocenters. The molecule has 2 bridgehead atoms. The molecule has 3 rings (SSSR count). The molecule has 0 spiro atoms. The van der Waals surface area contributed by atoms with E-state index in [1.54, 1.807) is 0 Å². The van der Waals surface area contributed by atoms with Crippen molar-refractivity contribution >= 4 is 5.91 Å². The Hall–Kier alpha value is -0.610. The van der Waals surface area contributed by atoms with Crippen molar-refractivity contribution in [3.63, 3.8) is 0 Å². The third-order valence-corrected chi connectivity index (χ3v) is 5.66. The highest BCUT2D eigenvalue weighted by Crippen LogP contribution is 2.30. The van der Waals surface area contributed by atoms with Crippen LogP contribution in [0.3, 0.4) is 0 Å². The molecule has 114 valence electrons. The number of likely N-dealkylation sites (N-methyl/N-ethyl adjacent to an activating group) is 1. The molecule has 0 radical (unpaired) electrons. The van der Waals surface area contributed by atoms with Gasteiger partial charge in [0.25, 0.3) is 0 Å². The molecule has 0 saturated carbocycles. The van der Waals surface area contributed by atoms with Gasteiger partial charge in [-0.3, -0.25) is 9.69 Å². The van der Waals surface area contributed by atoms with Crippen LogP contribution in [-0.2, 0) is 4.79 Å². The minimum atomic E-state index is 0.0376. The van der Waals surface area contributed by atoms with Crippen molar-refractivity contribution < 1.29 is 4.79 Å². The van der Waals surface area contributed by atoms with Gasteiger partial charge >= 0.3 is 0 Å². The summed E-state index contributed by atoms with van der Waals surface area (Å²) in [5.74, 6) is 0.345. The van der Waals surface area contributed by atoms with Gasteiger partial charge in [0.15, 0.2) is 0 Å². The van der Waals surface area contributed by atoms with E-state index in [-0.39, 0.29) is 6.04 Å². The van der Waals surface area contributed by atoms with E-state index in [1.807, 2.05) is 0 Å². The van der Waals surface area contributed by atoms with Gasteiger partial charge in [-0.2, -0.15) is 0 Å². The first-order valence-electron chi connectivity index (χ1n) is 8.42. The lowest BCUT2D eigenvalue weighted by molar-refractivity contribution is -0.138. The van der Waals surface area contributed by atoms with Crippen LogP contribution in [0, 0.1) is 0 Å². The second kappa shape index (κ2) is 6.02. The highest BCUT2D eigenvalue weighted by molar-refractivity contribution is 5.81. The molecular formula is C16H29N3O. The number of piperidine rings is 2. The van der Waals surface area contributed by atoms with Crippen LogP contribution in [-0.4, -0.2) is 60.0 Å². The van der Waals surface area contributed by atoms with Gasteiger partial charge < -0.3 is 10.2 Å². The van der Waals surface area contributed by atoms with Gasteiger partial charge in [0.05, 0.1) is 6.04 Å². The maximum Gasteiger partial charge on any atom is 0.239 e. The lowest BCUT2D eigenvalue weighted by atomic mass is 9.97. The highest BCUT2D eigenvalue weighted by atomic mass is 16.2. The van der Waals surface area contributed by atoms with E-state index in [9.17, 15) is 4.79 Å². The van der Waals surface area contributed by atoms with Gasteiger partial charge in [-0.1, -0.05) is 0 Å². The molecule has 4 heteroatoms. The summed E-state index contributed by atoms with van der Waals surface area (Å²) in [4.78, 5) is 17.1. The second-order valence-electron chi connectivity index (χ2n) is 6.99. The predicted molar refractivity (Wildman–Crippen MR) is 80.6 cm³/mol. The van der Waals surface area contributed by atoms with Crippen LogP contribution in [0.15, 0.2) is 0 Å². The Morgan fingerprint density at radius 3 is 2.35 bits per heavy atom. The molecule has 3 atom stereocenters. The molecule has 3 heterocycles. The Labute approximate surface area is 122 Å². The van der Waals surface area contributed by atoms with E-state index in [1.165, 1.54) is 44.9 Å². The molecular weight excluding hydrogens is 250 g/mol. The standard InChI is InChI=1S/C16H29N3O/c1-12(16(20)19-8-4-3-5-9-19)18(2)15-10-13-6-7-14(11-15)17-13/h12-15,17H,3-11H2,1-2H3. The lowest BCUT2D eigenvalue weighted by Gasteiger charge is -2.40. The molecule has 3 aliphatic heterocycles. The van der Waals surface area contributed by atoms with E-state index in [4.69, 9.17) is 0 Å². The molecule has 3 aliphatic rings. The van der Waals surface area contributed by atoms with Crippen molar-refractivity contribution in [1.29, 1.82) is 0 Å². The van der Waals surface area contributed by atoms with Crippen LogP contribution >= 0.6 is 0 Å². The first kappa shape index (κ1) is 14.3. The number of amides is 1. The summed E-state index contributed by atoms with van der Waals surface area (Å²) >= 11 is 0. The molecule has 0 aromatic heterocycles. The van der Waals surface area contributed by atoms with Crippen molar-refractivity contribution in [2.24, 2.45) is 0 Å². The van der Waals surface area contributed by atoms with Crippen molar-refractivity contribution in [2.45, 2.75) is 76.0 Å². The Balaban J connectivity index is 1.58. The minimum absolute atomic E-state index is 0.0376. The number of likely N-dealkylation sites (tertiary alicyclic amines) is 1. The van der Waals surface area contributed by atoms with Gasteiger partial charge in [-0.05, 0) is 58.9 Å². The lowest BCUT2D eigenvalue weighted by Crippen LogP contribution is -2.54. The van der Waals surface area contributed by atoms with Gasteiger partial charge in [0.2, 0.25) is 5.91 Å². The number of fused-ring (bicyclic) bond motifs is 2. The zero-order valence-corrected chi connectivity index (χ0v) is 13.0. The number of carbonyl (C=O) groups excluding carboxylic acids is 1. The van der Waals surface area contributed by atoms with Crippen LogP contribution in [0.4, 0.5) is 0 Å². The fraction of sp³-hybridized carbons (Fsp3) is 0.938. The average molecular weight is 279 g/mol. The van der Waals surface area contributed by atoms with Gasteiger partial charge in [0, 0.05) is 31.2 Å². The molecule has 4 nitrogen and oxygen atoms in total. The maximum absolute atomic E-state index is 12.6. The monoisotopic (exact) mass is 279 g/mol. The normalized spacial score (nSPS) is 35.4. The largest absolute Gasteiger partial charge is 0.341 e. The molecule has 3 fully saturated rings. The number of hydrogen-bond donors (Lipinski definition) is 1. The number of nitrogens with one attached hydrogen (secondary N) is 1. The van der Waals surface area contributed by atoms with E-state index in [0.717, 1.165) is 13.1 Å². The summed E-state index contributed by atoms with van der Waals surface area (Å²) in [7, 11) is 2.15. The molecule has 1 amide bonds. The summed E-state index contributed by atoms with van der Waals surface area (Å²) in [5.41, 5.74) is 0. The van der Waals surface area contributed by atoms with Crippen molar-refractivity contribution in [1.82, 2.24) is 15.1 Å². The molecule has 0 aliphatic carbocycles. The SMILES string of the molecule is CC(C(=O)N1CCCCC1)N(C)C1CC2CCC(C1)N2. The summed E-state index contributed by atoms with van der Waals surface area (Å²) in [6.45, 7) is 4.03. The zero-order valence-electron chi connectivity index (χ0n) is 13.0. The van der Waals surface area contributed by atoms with Gasteiger partial charge in [-0.25, -0.2) is 0 Å². The Morgan fingerprint density at radius 2 is 1.75 bits per heavy atom. The summed E-state index contributed by atoms with van der Waals surface area (Å²) < 4.78 is 0. The summed E-state index contributed by atoms with van der Waals surface area (Å²) in [6, 6.07) is 2.00. The molecule has 0 aromatic carbocycles. The molecule has 3 saturated heterocycles. The maximum atomic E-state index is 12.6. The summed E-state index contributed by atoms with van der Waals surface area (Å²) in [6.07, 6.45) is 8.72. The van der Waals surface area contributed by atoms with E-state index >= 15 is 0 Å². The van der Waals surface area contributed by atoms with Crippen LogP contribution in [0.25, 0.3) is 0 Å². The minimum Gasteiger partial charge on any atom is -0.341 e. The molecule has 20 heavy (non-hydrogen) atoms. The smallest absolute Gasteiger partial charge is 0.239 e. The van der Waals surface area contributed by atoms with Crippen LogP contribution < -0.4 is 5.32 Å². The van der Waals surface area contributed by atoms with Gasteiger partial charge in [0.1, 0.15) is 0 Å². The van der Waals surface area contributed by atoms with Crippen LogP contribution in [0.1, 0.15) is 51.9 Å². The number of hydrogen-bond acceptors (Lipinski definition) is 3. The van der Waals surface area contributed by atoms with Crippen LogP contribution in [0.2, 0.25) is 0 Å². The Kier molecular flexibility index (Phi) is 4.32. The topological polar surface area (TPSA) is 35.6 Å². The zero-order chi connectivity index (χ0) is 14.1. The van der Waals surface area contributed by atoms with E-state index < -0.39 is 0 Å². The van der Waals surface area contributed by atoms with Crippen LogP contribution in [0.5, 0.6) is 0 Å². The van der Waals surface area contributed by atoms with Crippen molar-refractivity contribution in [3.8, 4) is 0 Å².